The van der Waals surface area contributed by atoms with Crippen molar-refractivity contribution in [1.29, 1.82) is 0 Å². The fourth-order valence-electron chi connectivity index (χ4n) is 2.56. The van der Waals surface area contributed by atoms with Gasteiger partial charge in [-0.25, -0.2) is 0 Å². The van der Waals surface area contributed by atoms with E-state index in [-0.39, 0.29) is 6.04 Å². The first-order valence-electron chi connectivity index (χ1n) is 6.36. The van der Waals surface area contributed by atoms with Gasteiger partial charge in [-0.1, -0.05) is 6.92 Å². The second-order valence-corrected chi connectivity index (χ2v) is 7.03. The Balaban J connectivity index is 2.11. The molecule has 2 aliphatic rings. The standard InChI is InChI=1S/C11H22N2O3S/c1-10-4-3-5-12(8-10)17(14,15)13-6-7-16-9-11(13)2/h10-11H,3-9H2,1-2H3. The highest BCUT2D eigenvalue weighted by molar-refractivity contribution is 7.86. The van der Waals surface area contributed by atoms with E-state index in [4.69, 9.17) is 4.74 Å². The predicted molar refractivity (Wildman–Crippen MR) is 65.9 cm³/mol. The average molecular weight is 262 g/mol. The zero-order chi connectivity index (χ0) is 12.5. The van der Waals surface area contributed by atoms with Crippen LogP contribution in [0, 0.1) is 5.92 Å². The summed E-state index contributed by atoms with van der Waals surface area (Å²) in [5.41, 5.74) is 0. The third-order valence-electron chi connectivity index (χ3n) is 3.55. The van der Waals surface area contributed by atoms with E-state index < -0.39 is 10.2 Å². The van der Waals surface area contributed by atoms with Gasteiger partial charge in [-0.3, -0.25) is 0 Å². The molecule has 2 unspecified atom stereocenters. The number of morpholine rings is 1. The molecule has 0 aliphatic carbocycles. The molecule has 0 N–H and O–H groups in total. The molecule has 0 amide bonds. The molecule has 0 aromatic carbocycles. The fraction of sp³-hybridized carbons (Fsp3) is 1.00. The highest BCUT2D eigenvalue weighted by Crippen LogP contribution is 2.22. The zero-order valence-electron chi connectivity index (χ0n) is 10.6. The minimum atomic E-state index is -3.28. The Kier molecular flexibility index (Phi) is 4.07. The summed E-state index contributed by atoms with van der Waals surface area (Å²) in [6, 6.07) is -0.0500. The van der Waals surface area contributed by atoms with Crippen molar-refractivity contribution >= 4 is 10.2 Å². The first-order chi connectivity index (χ1) is 8.01. The lowest BCUT2D eigenvalue weighted by Crippen LogP contribution is -2.54. The molecule has 2 saturated heterocycles. The van der Waals surface area contributed by atoms with E-state index in [0.29, 0.717) is 38.8 Å². The molecule has 0 aromatic rings. The molecule has 2 fully saturated rings. The number of hydrogen-bond acceptors (Lipinski definition) is 3. The summed E-state index contributed by atoms with van der Waals surface area (Å²) in [7, 11) is -3.28. The van der Waals surface area contributed by atoms with Gasteiger partial charge in [0.25, 0.3) is 10.2 Å². The lowest BCUT2D eigenvalue weighted by atomic mass is 10.0. The van der Waals surface area contributed by atoms with Crippen LogP contribution < -0.4 is 0 Å². The number of ether oxygens (including phenoxy) is 1. The molecular formula is C11H22N2O3S. The Bertz CT molecular complexity index is 358. The Morgan fingerprint density at radius 3 is 2.65 bits per heavy atom. The SMILES string of the molecule is CC1CCCN(S(=O)(=O)N2CCOCC2C)C1. The molecule has 5 nitrogen and oxygen atoms in total. The maximum atomic E-state index is 12.5. The topological polar surface area (TPSA) is 49.9 Å². The Labute approximate surface area is 104 Å². The van der Waals surface area contributed by atoms with Crippen LogP contribution in [-0.2, 0) is 14.9 Å². The quantitative estimate of drug-likeness (QED) is 0.735. The third kappa shape index (κ3) is 2.81. The van der Waals surface area contributed by atoms with Gasteiger partial charge in [0, 0.05) is 25.7 Å². The van der Waals surface area contributed by atoms with Crippen molar-refractivity contribution in [1.82, 2.24) is 8.61 Å². The minimum absolute atomic E-state index is 0.0500. The van der Waals surface area contributed by atoms with Crippen LogP contribution in [0.25, 0.3) is 0 Å². The zero-order valence-corrected chi connectivity index (χ0v) is 11.4. The second-order valence-electron chi connectivity index (χ2n) is 5.15. The van der Waals surface area contributed by atoms with Gasteiger partial charge < -0.3 is 4.74 Å². The molecular weight excluding hydrogens is 240 g/mol. The number of nitrogens with zero attached hydrogens (tertiary/aromatic N) is 2. The van der Waals surface area contributed by atoms with Crippen molar-refractivity contribution < 1.29 is 13.2 Å². The maximum Gasteiger partial charge on any atom is 0.282 e. The van der Waals surface area contributed by atoms with Crippen molar-refractivity contribution in [2.75, 3.05) is 32.8 Å². The second kappa shape index (κ2) is 5.22. The van der Waals surface area contributed by atoms with Crippen LogP contribution in [0.3, 0.4) is 0 Å². The van der Waals surface area contributed by atoms with Gasteiger partial charge in [-0.2, -0.15) is 17.0 Å². The summed E-state index contributed by atoms with van der Waals surface area (Å²) in [5, 5.41) is 0. The van der Waals surface area contributed by atoms with E-state index in [1.807, 2.05) is 6.92 Å². The van der Waals surface area contributed by atoms with Crippen LogP contribution in [0.2, 0.25) is 0 Å². The molecule has 0 radical (unpaired) electrons. The first-order valence-corrected chi connectivity index (χ1v) is 7.76. The van der Waals surface area contributed by atoms with Gasteiger partial charge in [-0.15, -0.1) is 0 Å². The van der Waals surface area contributed by atoms with Gasteiger partial charge in [0.2, 0.25) is 0 Å². The third-order valence-corrected chi connectivity index (χ3v) is 5.67. The molecule has 6 heteroatoms. The molecule has 0 saturated carbocycles. The van der Waals surface area contributed by atoms with E-state index >= 15 is 0 Å². The lowest BCUT2D eigenvalue weighted by molar-refractivity contribution is 0.0355. The largest absolute Gasteiger partial charge is 0.378 e. The van der Waals surface area contributed by atoms with Crippen LogP contribution in [-0.4, -0.2) is 55.9 Å². The summed E-state index contributed by atoms with van der Waals surface area (Å²) in [6.45, 7) is 6.83. The van der Waals surface area contributed by atoms with Crippen molar-refractivity contribution in [3.63, 3.8) is 0 Å². The normalized spacial score (nSPS) is 33.8. The monoisotopic (exact) mass is 262 g/mol. The smallest absolute Gasteiger partial charge is 0.282 e. The van der Waals surface area contributed by atoms with E-state index in [2.05, 4.69) is 6.92 Å². The maximum absolute atomic E-state index is 12.5. The average Bonchev–Trinajstić information content (AvgIpc) is 2.29. The fourth-order valence-corrected chi connectivity index (χ4v) is 4.48. The van der Waals surface area contributed by atoms with Gasteiger partial charge in [0.1, 0.15) is 0 Å². The van der Waals surface area contributed by atoms with Crippen molar-refractivity contribution in [2.45, 2.75) is 32.7 Å². The van der Waals surface area contributed by atoms with Crippen LogP contribution in [0.1, 0.15) is 26.7 Å². The molecule has 0 aromatic heterocycles. The van der Waals surface area contributed by atoms with E-state index in [0.717, 1.165) is 12.8 Å². The molecule has 0 bridgehead atoms. The molecule has 2 aliphatic heterocycles. The van der Waals surface area contributed by atoms with Gasteiger partial charge >= 0.3 is 0 Å². The molecule has 2 heterocycles. The van der Waals surface area contributed by atoms with Crippen LogP contribution >= 0.6 is 0 Å². The van der Waals surface area contributed by atoms with Gasteiger partial charge in [0.05, 0.1) is 13.2 Å². The first kappa shape index (κ1) is 13.3. The molecule has 2 atom stereocenters. The van der Waals surface area contributed by atoms with Crippen molar-refractivity contribution in [2.24, 2.45) is 5.92 Å². The number of rotatable bonds is 2. The van der Waals surface area contributed by atoms with E-state index in [9.17, 15) is 8.42 Å². The van der Waals surface area contributed by atoms with Crippen molar-refractivity contribution in [3.8, 4) is 0 Å². The molecule has 2 rings (SSSR count). The van der Waals surface area contributed by atoms with Crippen LogP contribution in [0.15, 0.2) is 0 Å². The van der Waals surface area contributed by atoms with Gasteiger partial charge in [-0.05, 0) is 25.7 Å². The number of hydrogen-bond donors (Lipinski definition) is 0. The van der Waals surface area contributed by atoms with Crippen LogP contribution in [0.4, 0.5) is 0 Å². The summed E-state index contributed by atoms with van der Waals surface area (Å²) >= 11 is 0. The van der Waals surface area contributed by atoms with Crippen LogP contribution in [0.5, 0.6) is 0 Å². The lowest BCUT2D eigenvalue weighted by Gasteiger charge is -2.38. The number of piperidine rings is 1. The van der Waals surface area contributed by atoms with E-state index in [1.54, 1.807) is 8.61 Å². The summed E-state index contributed by atoms with van der Waals surface area (Å²) in [5.74, 6) is 0.467. The predicted octanol–water partition coefficient (Wildman–Crippen LogP) is 0.684. The molecule has 17 heavy (non-hydrogen) atoms. The summed E-state index contributed by atoms with van der Waals surface area (Å²) < 4.78 is 33.5. The molecule has 100 valence electrons. The Hall–Kier alpha value is -0.170. The van der Waals surface area contributed by atoms with Crippen molar-refractivity contribution in [3.05, 3.63) is 0 Å². The highest BCUT2D eigenvalue weighted by atomic mass is 32.2. The summed E-state index contributed by atoms with van der Waals surface area (Å²) in [6.07, 6.45) is 2.10. The van der Waals surface area contributed by atoms with E-state index in [1.165, 1.54) is 0 Å². The highest BCUT2D eigenvalue weighted by Gasteiger charge is 2.36. The minimum Gasteiger partial charge on any atom is -0.378 e. The Morgan fingerprint density at radius 1 is 1.24 bits per heavy atom. The Morgan fingerprint density at radius 2 is 2.00 bits per heavy atom. The molecule has 0 spiro atoms. The van der Waals surface area contributed by atoms with Gasteiger partial charge in [0.15, 0.2) is 0 Å². The summed E-state index contributed by atoms with van der Waals surface area (Å²) in [4.78, 5) is 0.